The van der Waals surface area contributed by atoms with Crippen molar-refractivity contribution in [3.63, 3.8) is 0 Å². The lowest BCUT2D eigenvalue weighted by Gasteiger charge is -2.26. The standard InChI is InChI=1S/C19H20N4O5S/c1-3-27-18(25)17-11(2)21-19(26)23-14(17)9-28-16(24)10-29-15-8-20-12-6-4-5-7-13(12)22-15/h4-8,11H,3,9-10H2,1-2H3,(H2,21,23,26). The zero-order valence-corrected chi connectivity index (χ0v) is 16.7. The van der Waals surface area contributed by atoms with Crippen LogP contribution in [0.3, 0.4) is 0 Å². The number of rotatable bonds is 7. The highest BCUT2D eigenvalue weighted by atomic mass is 32.2. The summed E-state index contributed by atoms with van der Waals surface area (Å²) in [6.07, 6.45) is 1.59. The van der Waals surface area contributed by atoms with Gasteiger partial charge in [0, 0.05) is 0 Å². The van der Waals surface area contributed by atoms with Gasteiger partial charge in [-0.3, -0.25) is 9.78 Å². The normalized spacial score (nSPS) is 16.2. The van der Waals surface area contributed by atoms with Gasteiger partial charge in [-0.15, -0.1) is 0 Å². The van der Waals surface area contributed by atoms with Crippen molar-refractivity contribution in [2.24, 2.45) is 0 Å². The van der Waals surface area contributed by atoms with Crippen molar-refractivity contribution in [2.75, 3.05) is 19.0 Å². The highest BCUT2D eigenvalue weighted by Gasteiger charge is 2.30. The molecule has 0 saturated carbocycles. The number of nitrogens with zero attached hydrogens (tertiary/aromatic N) is 2. The molecule has 0 radical (unpaired) electrons. The van der Waals surface area contributed by atoms with Crippen molar-refractivity contribution < 1.29 is 23.9 Å². The summed E-state index contributed by atoms with van der Waals surface area (Å²) in [5.41, 5.74) is 1.95. The average Bonchev–Trinajstić information content (AvgIpc) is 2.70. The molecule has 0 spiro atoms. The third kappa shape index (κ3) is 5.23. The Morgan fingerprint density at radius 1 is 1.21 bits per heavy atom. The van der Waals surface area contributed by atoms with E-state index in [1.165, 1.54) is 11.8 Å². The van der Waals surface area contributed by atoms with E-state index >= 15 is 0 Å². The van der Waals surface area contributed by atoms with Crippen molar-refractivity contribution in [1.82, 2.24) is 20.6 Å². The molecule has 1 aromatic heterocycles. The van der Waals surface area contributed by atoms with E-state index in [4.69, 9.17) is 9.47 Å². The maximum atomic E-state index is 12.2. The molecule has 3 rings (SSSR count). The van der Waals surface area contributed by atoms with E-state index in [0.717, 1.165) is 11.0 Å². The number of thioether (sulfide) groups is 1. The van der Waals surface area contributed by atoms with Crippen molar-refractivity contribution in [3.8, 4) is 0 Å². The fourth-order valence-electron chi connectivity index (χ4n) is 2.73. The summed E-state index contributed by atoms with van der Waals surface area (Å²) in [7, 11) is 0. The Bertz CT molecular complexity index is 978. The molecule has 2 amide bonds. The number of nitrogens with one attached hydrogen (secondary N) is 2. The van der Waals surface area contributed by atoms with Gasteiger partial charge < -0.3 is 20.1 Å². The summed E-state index contributed by atoms with van der Waals surface area (Å²) in [6.45, 7) is 3.29. The molecule has 1 aliphatic rings. The molecule has 2 heterocycles. The number of carbonyl (C=O) groups is 3. The monoisotopic (exact) mass is 416 g/mol. The first kappa shape index (κ1) is 20.6. The second-order valence-electron chi connectivity index (χ2n) is 6.08. The second-order valence-corrected chi connectivity index (χ2v) is 7.07. The molecular formula is C19H20N4O5S. The molecule has 0 fully saturated rings. The van der Waals surface area contributed by atoms with E-state index in [1.54, 1.807) is 20.0 Å². The smallest absolute Gasteiger partial charge is 0.338 e. The SMILES string of the molecule is CCOC(=O)C1=C(COC(=O)CSc2cnc3ccccc3n2)NC(=O)NC1C. The molecule has 1 unspecified atom stereocenters. The highest BCUT2D eigenvalue weighted by Crippen LogP contribution is 2.19. The Morgan fingerprint density at radius 3 is 2.72 bits per heavy atom. The molecule has 29 heavy (non-hydrogen) atoms. The van der Waals surface area contributed by atoms with Crippen molar-refractivity contribution in [3.05, 3.63) is 41.7 Å². The first-order valence-corrected chi connectivity index (χ1v) is 9.94. The quantitative estimate of drug-likeness (QED) is 0.518. The van der Waals surface area contributed by atoms with Crippen molar-refractivity contribution >= 4 is 40.8 Å². The number of fused-ring (bicyclic) bond motifs is 1. The summed E-state index contributed by atoms with van der Waals surface area (Å²) < 4.78 is 10.2. The maximum absolute atomic E-state index is 12.2. The van der Waals surface area contributed by atoms with Crippen LogP contribution in [0.5, 0.6) is 0 Å². The maximum Gasteiger partial charge on any atom is 0.338 e. The van der Waals surface area contributed by atoms with E-state index in [9.17, 15) is 14.4 Å². The van der Waals surface area contributed by atoms with E-state index in [0.29, 0.717) is 5.03 Å². The topological polar surface area (TPSA) is 120 Å². The Kier molecular flexibility index (Phi) is 6.65. The Hall–Kier alpha value is -3.14. The third-order valence-corrected chi connectivity index (χ3v) is 4.88. The summed E-state index contributed by atoms with van der Waals surface area (Å²) in [5.74, 6) is -1.07. The minimum absolute atomic E-state index is 0.0107. The molecule has 0 bridgehead atoms. The van der Waals surface area contributed by atoms with E-state index in [1.807, 2.05) is 24.3 Å². The van der Waals surface area contributed by atoms with Gasteiger partial charge in [0.1, 0.15) is 11.6 Å². The molecule has 2 aromatic rings. The number of urea groups is 1. The molecule has 152 valence electrons. The number of hydrogen-bond acceptors (Lipinski definition) is 8. The van der Waals surface area contributed by atoms with Crippen LogP contribution in [-0.2, 0) is 19.1 Å². The third-order valence-electron chi connectivity index (χ3n) is 4.01. The van der Waals surface area contributed by atoms with Crippen LogP contribution in [0, 0.1) is 0 Å². The zero-order valence-electron chi connectivity index (χ0n) is 15.9. The van der Waals surface area contributed by atoms with Crippen LogP contribution in [0.1, 0.15) is 13.8 Å². The van der Waals surface area contributed by atoms with E-state index in [2.05, 4.69) is 20.6 Å². The molecule has 1 aliphatic heterocycles. The summed E-state index contributed by atoms with van der Waals surface area (Å²) >= 11 is 1.19. The predicted octanol–water partition coefficient (Wildman–Crippen LogP) is 1.78. The van der Waals surface area contributed by atoms with Crippen LogP contribution in [0.15, 0.2) is 46.8 Å². The number of para-hydroxylation sites is 2. The summed E-state index contributed by atoms with van der Waals surface area (Å²) in [4.78, 5) is 44.7. The first-order valence-electron chi connectivity index (χ1n) is 8.95. The van der Waals surface area contributed by atoms with Gasteiger partial charge in [-0.2, -0.15) is 0 Å². The number of amides is 2. The molecule has 0 aliphatic carbocycles. The van der Waals surface area contributed by atoms with Gasteiger partial charge in [0.2, 0.25) is 0 Å². The van der Waals surface area contributed by atoms with Gasteiger partial charge in [0.25, 0.3) is 0 Å². The fraction of sp³-hybridized carbons (Fsp3) is 0.316. The van der Waals surface area contributed by atoms with Crippen LogP contribution in [0.25, 0.3) is 11.0 Å². The highest BCUT2D eigenvalue weighted by molar-refractivity contribution is 7.99. The van der Waals surface area contributed by atoms with Crippen LogP contribution in [-0.4, -0.2) is 52.9 Å². The molecule has 9 nitrogen and oxygen atoms in total. The Labute approximate surface area is 171 Å². The van der Waals surface area contributed by atoms with E-state index < -0.39 is 24.0 Å². The minimum Gasteiger partial charge on any atom is -0.463 e. The number of carbonyl (C=O) groups excluding carboxylic acids is 3. The molecular weight excluding hydrogens is 396 g/mol. The fourth-order valence-corrected chi connectivity index (χ4v) is 3.37. The van der Waals surface area contributed by atoms with Gasteiger partial charge in [0.15, 0.2) is 0 Å². The number of esters is 2. The summed E-state index contributed by atoms with van der Waals surface area (Å²) in [5, 5.41) is 5.68. The second kappa shape index (κ2) is 9.37. The van der Waals surface area contributed by atoms with Gasteiger partial charge >= 0.3 is 18.0 Å². The lowest BCUT2D eigenvalue weighted by atomic mass is 10.0. The van der Waals surface area contributed by atoms with Gasteiger partial charge in [-0.25, -0.2) is 14.6 Å². The molecule has 10 heteroatoms. The molecule has 1 aromatic carbocycles. The van der Waals surface area contributed by atoms with Crippen molar-refractivity contribution in [1.29, 1.82) is 0 Å². The summed E-state index contributed by atoms with van der Waals surface area (Å²) in [6, 6.07) is 6.41. The minimum atomic E-state index is -0.570. The van der Waals surface area contributed by atoms with Gasteiger partial charge in [-0.05, 0) is 26.0 Å². The number of benzene rings is 1. The van der Waals surface area contributed by atoms with Crippen molar-refractivity contribution in [2.45, 2.75) is 24.9 Å². The predicted molar refractivity (Wildman–Crippen MR) is 106 cm³/mol. The number of hydrogen-bond donors (Lipinski definition) is 2. The number of aromatic nitrogens is 2. The van der Waals surface area contributed by atoms with E-state index in [-0.39, 0.29) is 30.2 Å². The lowest BCUT2D eigenvalue weighted by Crippen LogP contribution is -2.50. The molecule has 0 saturated heterocycles. The lowest BCUT2D eigenvalue weighted by molar-refractivity contribution is -0.141. The Balaban J connectivity index is 1.61. The van der Waals surface area contributed by atoms with Crippen LogP contribution in [0.2, 0.25) is 0 Å². The number of ether oxygens (including phenoxy) is 2. The zero-order chi connectivity index (χ0) is 20.8. The molecule has 1 atom stereocenters. The van der Waals surface area contributed by atoms with Crippen LogP contribution < -0.4 is 10.6 Å². The van der Waals surface area contributed by atoms with Gasteiger partial charge in [-0.1, -0.05) is 23.9 Å². The largest absolute Gasteiger partial charge is 0.463 e. The first-order chi connectivity index (χ1) is 14.0. The van der Waals surface area contributed by atoms with Gasteiger partial charge in [0.05, 0.1) is 46.9 Å². The van der Waals surface area contributed by atoms with Crippen LogP contribution in [0.4, 0.5) is 4.79 Å². The molecule has 2 N–H and O–H groups in total. The van der Waals surface area contributed by atoms with Crippen LogP contribution >= 0.6 is 11.8 Å². The average molecular weight is 416 g/mol. The Morgan fingerprint density at radius 2 is 1.97 bits per heavy atom.